The van der Waals surface area contributed by atoms with E-state index in [1.54, 1.807) is 7.11 Å². The van der Waals surface area contributed by atoms with Gasteiger partial charge in [-0.25, -0.2) is 8.42 Å². The van der Waals surface area contributed by atoms with Crippen molar-refractivity contribution >= 4 is 21.8 Å². The summed E-state index contributed by atoms with van der Waals surface area (Å²) in [5.74, 6) is 0.171. The standard InChI is InChI=1S/C24H29N3O5S/c1-3-23(28)26-20-8-6-16-27(17-20)33(30,31)21-12-10-19(11-13-21)24(29)25-15-14-18-7-4-5-9-22(18)32-2/h3-5,7,9-13,20H,1,6,8,14-17H2,2H3,(H,25,29)(H,26,28)/t20-/m0/s1. The molecule has 1 fully saturated rings. The Balaban J connectivity index is 1.59. The molecule has 0 spiro atoms. The first-order valence-electron chi connectivity index (χ1n) is 10.8. The van der Waals surface area contributed by atoms with Crippen molar-refractivity contribution in [3.05, 3.63) is 72.3 Å². The highest BCUT2D eigenvalue weighted by atomic mass is 32.2. The highest BCUT2D eigenvalue weighted by Crippen LogP contribution is 2.21. The van der Waals surface area contributed by atoms with Crippen LogP contribution < -0.4 is 15.4 Å². The largest absolute Gasteiger partial charge is 0.496 e. The first kappa shape index (κ1) is 24.5. The number of hydrogen-bond donors (Lipinski definition) is 2. The number of methoxy groups -OCH3 is 1. The maximum absolute atomic E-state index is 13.0. The summed E-state index contributed by atoms with van der Waals surface area (Å²) in [7, 11) is -2.12. The first-order valence-corrected chi connectivity index (χ1v) is 12.2. The van der Waals surface area contributed by atoms with E-state index in [1.165, 1.54) is 34.6 Å². The van der Waals surface area contributed by atoms with Crippen molar-refractivity contribution in [2.24, 2.45) is 0 Å². The molecular weight excluding hydrogens is 442 g/mol. The molecule has 1 heterocycles. The number of nitrogens with one attached hydrogen (secondary N) is 2. The number of sulfonamides is 1. The molecule has 1 saturated heterocycles. The Hall–Kier alpha value is -3.17. The van der Waals surface area contributed by atoms with Gasteiger partial charge in [-0.3, -0.25) is 9.59 Å². The van der Waals surface area contributed by atoms with Crippen LogP contribution in [0.2, 0.25) is 0 Å². The van der Waals surface area contributed by atoms with E-state index < -0.39 is 10.0 Å². The second-order valence-corrected chi connectivity index (χ2v) is 9.69. The number of ether oxygens (including phenoxy) is 1. The molecule has 3 rings (SSSR count). The van der Waals surface area contributed by atoms with Crippen LogP contribution in [0.5, 0.6) is 5.75 Å². The Bertz CT molecular complexity index is 1100. The fraction of sp³-hybridized carbons (Fsp3) is 0.333. The summed E-state index contributed by atoms with van der Waals surface area (Å²) in [6, 6.07) is 13.2. The number of carbonyl (C=O) groups excluding carboxylic acids is 2. The summed E-state index contributed by atoms with van der Waals surface area (Å²) < 4.78 is 32.8. The number of hydrogen-bond acceptors (Lipinski definition) is 5. The van der Waals surface area contributed by atoms with Crippen molar-refractivity contribution in [2.45, 2.75) is 30.2 Å². The highest BCUT2D eigenvalue weighted by Gasteiger charge is 2.30. The number of piperidine rings is 1. The number of amides is 2. The van der Waals surface area contributed by atoms with Gasteiger partial charge in [-0.1, -0.05) is 24.8 Å². The lowest BCUT2D eigenvalue weighted by Gasteiger charge is -2.32. The van der Waals surface area contributed by atoms with Crippen LogP contribution in [0, 0.1) is 0 Å². The second kappa shape index (κ2) is 11.1. The van der Waals surface area contributed by atoms with Crippen LogP contribution >= 0.6 is 0 Å². The number of nitrogens with zero attached hydrogens (tertiary/aromatic N) is 1. The van der Waals surface area contributed by atoms with E-state index in [-0.39, 0.29) is 29.3 Å². The fourth-order valence-electron chi connectivity index (χ4n) is 3.79. The van der Waals surface area contributed by atoms with Gasteiger partial charge in [0.05, 0.1) is 12.0 Å². The fourth-order valence-corrected chi connectivity index (χ4v) is 5.31. The summed E-state index contributed by atoms with van der Waals surface area (Å²) in [4.78, 5) is 24.1. The number of rotatable bonds is 9. The molecule has 8 nitrogen and oxygen atoms in total. The molecule has 0 bridgehead atoms. The van der Waals surface area contributed by atoms with Gasteiger partial charge in [0.15, 0.2) is 0 Å². The Morgan fingerprint density at radius 2 is 1.91 bits per heavy atom. The van der Waals surface area contributed by atoms with Crippen LogP contribution in [0.25, 0.3) is 0 Å². The summed E-state index contributed by atoms with van der Waals surface area (Å²) in [5.41, 5.74) is 1.37. The average molecular weight is 472 g/mol. The van der Waals surface area contributed by atoms with Crippen LogP contribution in [0.15, 0.2) is 66.1 Å². The summed E-state index contributed by atoms with van der Waals surface area (Å²) in [6.07, 6.45) is 3.14. The maximum Gasteiger partial charge on any atom is 0.251 e. The van der Waals surface area contributed by atoms with Gasteiger partial charge in [-0.15, -0.1) is 0 Å². The van der Waals surface area contributed by atoms with Crippen LogP contribution in [0.3, 0.4) is 0 Å². The monoisotopic (exact) mass is 471 g/mol. The van der Waals surface area contributed by atoms with Crippen molar-refractivity contribution in [2.75, 3.05) is 26.7 Å². The van der Waals surface area contributed by atoms with Crippen LogP contribution in [0.1, 0.15) is 28.8 Å². The van der Waals surface area contributed by atoms with Crippen molar-refractivity contribution in [1.29, 1.82) is 0 Å². The molecule has 1 atom stereocenters. The SMILES string of the molecule is C=CC(=O)N[C@H]1CCCN(S(=O)(=O)c2ccc(C(=O)NCCc3ccccc3OC)cc2)C1. The summed E-state index contributed by atoms with van der Waals surface area (Å²) in [6.45, 7) is 4.43. The molecule has 0 aromatic heterocycles. The van der Waals surface area contributed by atoms with E-state index in [0.717, 1.165) is 11.3 Å². The van der Waals surface area contributed by atoms with E-state index in [0.29, 0.717) is 37.9 Å². The van der Waals surface area contributed by atoms with Crippen LogP contribution in [0.4, 0.5) is 0 Å². The van der Waals surface area contributed by atoms with Crippen molar-refractivity contribution in [1.82, 2.24) is 14.9 Å². The van der Waals surface area contributed by atoms with Gasteiger partial charge < -0.3 is 15.4 Å². The van der Waals surface area contributed by atoms with Crippen LogP contribution in [-0.2, 0) is 21.2 Å². The highest BCUT2D eigenvalue weighted by molar-refractivity contribution is 7.89. The van der Waals surface area contributed by atoms with Gasteiger partial charge in [0, 0.05) is 31.2 Å². The van der Waals surface area contributed by atoms with Gasteiger partial charge in [0.1, 0.15) is 5.75 Å². The molecule has 0 saturated carbocycles. The van der Waals surface area contributed by atoms with Crippen LogP contribution in [-0.4, -0.2) is 57.3 Å². The lowest BCUT2D eigenvalue weighted by atomic mass is 10.1. The van der Waals surface area contributed by atoms with E-state index in [2.05, 4.69) is 17.2 Å². The molecule has 1 aliphatic rings. The minimum atomic E-state index is -3.73. The van der Waals surface area contributed by atoms with Crippen molar-refractivity contribution in [3.8, 4) is 5.75 Å². The lowest BCUT2D eigenvalue weighted by molar-refractivity contribution is -0.117. The minimum Gasteiger partial charge on any atom is -0.496 e. The van der Waals surface area contributed by atoms with E-state index in [9.17, 15) is 18.0 Å². The Morgan fingerprint density at radius 1 is 1.18 bits per heavy atom. The smallest absolute Gasteiger partial charge is 0.251 e. The van der Waals surface area contributed by atoms with E-state index >= 15 is 0 Å². The normalized spacial score (nSPS) is 16.6. The quantitative estimate of drug-likeness (QED) is 0.545. The Kier molecular flexibility index (Phi) is 8.24. The van der Waals surface area contributed by atoms with Crippen molar-refractivity contribution in [3.63, 3.8) is 0 Å². The number of para-hydroxylation sites is 1. The zero-order chi connectivity index (χ0) is 23.8. The predicted molar refractivity (Wildman–Crippen MR) is 126 cm³/mol. The maximum atomic E-state index is 13.0. The second-order valence-electron chi connectivity index (χ2n) is 7.76. The number of carbonyl (C=O) groups is 2. The first-order chi connectivity index (χ1) is 15.8. The Labute approximate surface area is 194 Å². The zero-order valence-corrected chi connectivity index (χ0v) is 19.4. The summed E-state index contributed by atoms with van der Waals surface area (Å²) in [5, 5.41) is 5.61. The molecule has 2 aromatic carbocycles. The molecule has 2 N–H and O–H groups in total. The van der Waals surface area contributed by atoms with E-state index in [4.69, 9.17) is 4.74 Å². The van der Waals surface area contributed by atoms with Gasteiger partial charge in [-0.05, 0) is 61.2 Å². The van der Waals surface area contributed by atoms with Gasteiger partial charge in [-0.2, -0.15) is 4.31 Å². The topological polar surface area (TPSA) is 105 Å². The molecule has 1 aliphatic heterocycles. The third kappa shape index (κ3) is 6.21. The third-order valence-corrected chi connectivity index (χ3v) is 7.42. The van der Waals surface area contributed by atoms with Crippen molar-refractivity contribution < 1.29 is 22.7 Å². The minimum absolute atomic E-state index is 0.115. The molecular formula is C24H29N3O5S. The third-order valence-electron chi connectivity index (χ3n) is 5.54. The predicted octanol–water partition coefficient (Wildman–Crippen LogP) is 2.12. The number of benzene rings is 2. The lowest BCUT2D eigenvalue weighted by Crippen LogP contribution is -2.49. The molecule has 2 aromatic rings. The molecule has 0 unspecified atom stereocenters. The van der Waals surface area contributed by atoms with Gasteiger partial charge in [0.2, 0.25) is 15.9 Å². The molecule has 9 heteroatoms. The summed E-state index contributed by atoms with van der Waals surface area (Å²) >= 11 is 0. The molecule has 176 valence electrons. The zero-order valence-electron chi connectivity index (χ0n) is 18.6. The molecule has 2 amide bonds. The van der Waals surface area contributed by atoms with Gasteiger partial charge in [0.25, 0.3) is 5.91 Å². The Morgan fingerprint density at radius 3 is 2.61 bits per heavy atom. The van der Waals surface area contributed by atoms with E-state index in [1.807, 2.05) is 24.3 Å². The molecule has 0 radical (unpaired) electrons. The average Bonchev–Trinajstić information content (AvgIpc) is 2.84. The van der Waals surface area contributed by atoms with Gasteiger partial charge >= 0.3 is 0 Å². The molecule has 33 heavy (non-hydrogen) atoms. The molecule has 0 aliphatic carbocycles.